The number of imide groups is 1. The Morgan fingerprint density at radius 1 is 1.16 bits per heavy atom. The van der Waals surface area contributed by atoms with Crippen molar-refractivity contribution in [1.82, 2.24) is 4.90 Å². The van der Waals surface area contributed by atoms with Crippen LogP contribution in [0.25, 0.3) is 0 Å². The molecular formula is C21H21N2O2+. The van der Waals surface area contributed by atoms with E-state index in [4.69, 9.17) is 0 Å². The van der Waals surface area contributed by atoms with E-state index in [0.717, 1.165) is 16.8 Å². The van der Waals surface area contributed by atoms with Crippen molar-refractivity contribution in [2.45, 2.75) is 32.7 Å². The molecule has 4 rings (SSSR count). The molecular weight excluding hydrogens is 312 g/mol. The van der Waals surface area contributed by atoms with Crippen molar-refractivity contribution in [3.8, 4) is 0 Å². The van der Waals surface area contributed by atoms with Crippen LogP contribution in [0.3, 0.4) is 0 Å². The number of rotatable bonds is 1. The van der Waals surface area contributed by atoms with Gasteiger partial charge in [0.15, 0.2) is 5.71 Å². The maximum atomic E-state index is 13.0. The molecule has 2 aliphatic heterocycles. The molecule has 126 valence electrons. The fourth-order valence-electron chi connectivity index (χ4n) is 3.83. The second kappa shape index (κ2) is 5.12. The van der Waals surface area contributed by atoms with Crippen molar-refractivity contribution >= 4 is 23.2 Å². The van der Waals surface area contributed by atoms with Gasteiger partial charge in [0.1, 0.15) is 7.05 Å². The molecule has 0 unspecified atom stereocenters. The average Bonchev–Trinajstić information content (AvgIpc) is 3.03. The van der Waals surface area contributed by atoms with Gasteiger partial charge >= 0.3 is 0 Å². The van der Waals surface area contributed by atoms with Crippen LogP contribution in [0.5, 0.6) is 0 Å². The van der Waals surface area contributed by atoms with E-state index in [1.807, 2.05) is 43.4 Å². The highest BCUT2D eigenvalue weighted by molar-refractivity contribution is 6.13. The summed E-state index contributed by atoms with van der Waals surface area (Å²) < 4.78 is 2.17. The van der Waals surface area contributed by atoms with Gasteiger partial charge in [0.2, 0.25) is 5.69 Å². The number of hydrogen-bond acceptors (Lipinski definition) is 2. The van der Waals surface area contributed by atoms with Gasteiger partial charge in [-0.25, -0.2) is 4.58 Å². The molecule has 0 fully saturated rings. The van der Waals surface area contributed by atoms with Crippen molar-refractivity contribution in [3.63, 3.8) is 0 Å². The van der Waals surface area contributed by atoms with Crippen molar-refractivity contribution in [2.75, 3.05) is 7.05 Å². The summed E-state index contributed by atoms with van der Waals surface area (Å²) in [6, 6.07) is 13.2. The molecule has 0 N–H and O–H groups in total. The highest BCUT2D eigenvalue weighted by Crippen LogP contribution is 2.39. The Labute approximate surface area is 147 Å². The smallest absolute Gasteiger partial charge is 0.261 e. The number of hydrogen-bond donors (Lipinski definition) is 0. The van der Waals surface area contributed by atoms with Crippen LogP contribution in [0.4, 0.5) is 5.69 Å². The summed E-state index contributed by atoms with van der Waals surface area (Å²) in [5.74, 6) is -0.438. The number of carbonyl (C=O) groups excluding carboxylic acids is 2. The lowest BCUT2D eigenvalue weighted by Gasteiger charge is -2.17. The fourth-order valence-corrected chi connectivity index (χ4v) is 3.83. The van der Waals surface area contributed by atoms with Crippen LogP contribution >= 0.6 is 0 Å². The molecule has 0 aliphatic carbocycles. The minimum atomic E-state index is -0.230. The van der Waals surface area contributed by atoms with E-state index in [9.17, 15) is 9.59 Å². The first-order valence-electron chi connectivity index (χ1n) is 8.49. The topological polar surface area (TPSA) is 40.4 Å². The monoisotopic (exact) mass is 333 g/mol. The predicted molar refractivity (Wildman–Crippen MR) is 96.6 cm³/mol. The number of benzene rings is 2. The molecule has 2 amide bonds. The van der Waals surface area contributed by atoms with Crippen LogP contribution in [0.1, 0.15) is 52.6 Å². The molecule has 0 saturated carbocycles. The summed E-state index contributed by atoms with van der Waals surface area (Å²) >= 11 is 0. The molecule has 2 aromatic rings. The zero-order valence-electron chi connectivity index (χ0n) is 15.0. The van der Waals surface area contributed by atoms with E-state index >= 15 is 0 Å². The first kappa shape index (κ1) is 15.8. The fraction of sp³-hybridized carbons (Fsp3) is 0.286. The summed E-state index contributed by atoms with van der Waals surface area (Å²) in [5.41, 5.74) is 5.47. The van der Waals surface area contributed by atoms with Crippen molar-refractivity contribution in [2.24, 2.45) is 0 Å². The van der Waals surface area contributed by atoms with E-state index in [1.165, 1.54) is 10.6 Å². The summed E-state index contributed by atoms with van der Waals surface area (Å²) in [4.78, 5) is 26.9. The van der Waals surface area contributed by atoms with Crippen LogP contribution in [-0.2, 0) is 12.0 Å². The molecule has 4 heteroatoms. The highest BCUT2D eigenvalue weighted by Gasteiger charge is 2.42. The zero-order valence-corrected chi connectivity index (χ0v) is 15.0. The predicted octanol–water partition coefficient (Wildman–Crippen LogP) is 3.51. The molecule has 0 aromatic heterocycles. The summed E-state index contributed by atoms with van der Waals surface area (Å²) in [5, 5.41) is 0. The lowest BCUT2D eigenvalue weighted by Crippen LogP contribution is -2.31. The molecule has 0 atom stereocenters. The van der Waals surface area contributed by atoms with Crippen LogP contribution in [0.15, 0.2) is 42.5 Å². The number of amides is 2. The molecule has 2 aromatic carbocycles. The molecule has 0 radical (unpaired) electrons. The van der Waals surface area contributed by atoms with Gasteiger partial charge in [-0.1, -0.05) is 18.2 Å². The number of carbonyl (C=O) groups is 2. The molecule has 0 spiro atoms. The minimum absolute atomic E-state index is 0.127. The molecule has 2 aliphatic rings. The Balaban J connectivity index is 1.71. The van der Waals surface area contributed by atoms with Gasteiger partial charge in [-0.15, -0.1) is 0 Å². The Bertz CT molecular complexity index is 970. The van der Waals surface area contributed by atoms with E-state index in [1.54, 1.807) is 6.07 Å². The van der Waals surface area contributed by atoms with Crippen LogP contribution < -0.4 is 0 Å². The number of nitrogens with zero attached hydrogens (tertiary/aromatic N) is 2. The van der Waals surface area contributed by atoms with Crippen LogP contribution in [0.2, 0.25) is 0 Å². The van der Waals surface area contributed by atoms with Gasteiger partial charge in [-0.2, -0.15) is 0 Å². The summed E-state index contributed by atoms with van der Waals surface area (Å²) in [7, 11) is 2.05. The summed E-state index contributed by atoms with van der Waals surface area (Å²) in [6.07, 6.45) is 0. The minimum Gasteiger partial charge on any atom is -0.270 e. The lowest BCUT2D eigenvalue weighted by atomic mass is 9.81. The second-order valence-corrected chi connectivity index (χ2v) is 7.35. The third-order valence-electron chi connectivity index (χ3n) is 5.75. The quantitative estimate of drug-likeness (QED) is 0.592. The van der Waals surface area contributed by atoms with Crippen molar-refractivity contribution in [1.29, 1.82) is 0 Å². The molecule has 4 nitrogen and oxygen atoms in total. The van der Waals surface area contributed by atoms with Gasteiger partial charge < -0.3 is 0 Å². The summed E-state index contributed by atoms with van der Waals surface area (Å²) in [6.45, 7) is 6.78. The van der Waals surface area contributed by atoms with E-state index in [-0.39, 0.29) is 17.2 Å². The molecule has 0 saturated heterocycles. The number of fused-ring (bicyclic) bond motifs is 2. The van der Waals surface area contributed by atoms with E-state index in [2.05, 4.69) is 25.3 Å². The van der Waals surface area contributed by atoms with Crippen LogP contribution in [-0.4, -0.2) is 34.0 Å². The van der Waals surface area contributed by atoms with Crippen LogP contribution in [0, 0.1) is 0 Å². The second-order valence-electron chi connectivity index (χ2n) is 7.35. The van der Waals surface area contributed by atoms with Gasteiger partial charge in [-0.05, 0) is 37.6 Å². The van der Waals surface area contributed by atoms with Crippen molar-refractivity contribution < 1.29 is 14.2 Å². The molecule has 2 heterocycles. The Morgan fingerprint density at radius 3 is 2.60 bits per heavy atom. The maximum Gasteiger partial charge on any atom is 0.261 e. The molecule has 0 bridgehead atoms. The lowest BCUT2D eigenvalue weighted by molar-refractivity contribution is -0.403. The first-order valence-corrected chi connectivity index (χ1v) is 8.49. The van der Waals surface area contributed by atoms with Gasteiger partial charge in [0.25, 0.3) is 11.8 Å². The van der Waals surface area contributed by atoms with Gasteiger partial charge in [0, 0.05) is 29.7 Å². The standard InChI is InChI=1S/C21H21N2O2/c1-13-21(2,3)17-11-14(9-10-18(17)22(13)4)19(24)23-12-15-7-5-6-8-16(15)20(23)25/h5-11H,12H2,1-4H3/q+1. The Kier molecular flexibility index (Phi) is 3.23. The van der Waals surface area contributed by atoms with Crippen molar-refractivity contribution in [3.05, 3.63) is 64.7 Å². The highest BCUT2D eigenvalue weighted by atomic mass is 16.2. The maximum absolute atomic E-state index is 13.0. The van der Waals surface area contributed by atoms with Gasteiger partial charge in [-0.3, -0.25) is 14.5 Å². The largest absolute Gasteiger partial charge is 0.270 e. The average molecular weight is 333 g/mol. The van der Waals surface area contributed by atoms with E-state index < -0.39 is 0 Å². The first-order chi connectivity index (χ1) is 11.8. The van der Waals surface area contributed by atoms with E-state index in [0.29, 0.717) is 17.7 Å². The Morgan fingerprint density at radius 2 is 1.88 bits per heavy atom. The third kappa shape index (κ3) is 2.10. The molecule has 25 heavy (non-hydrogen) atoms. The third-order valence-corrected chi connectivity index (χ3v) is 5.75. The normalized spacial score (nSPS) is 17.8. The SMILES string of the molecule is CC1=[N+](C)c2ccc(C(=O)N3Cc4ccccc4C3=O)cc2C1(C)C. The van der Waals surface area contributed by atoms with Gasteiger partial charge in [0.05, 0.1) is 12.0 Å². The Hall–Kier alpha value is -2.75. The zero-order chi connectivity index (χ0) is 17.9.